The number of aromatic nitrogens is 4. The molecule has 0 bridgehead atoms. The Hall–Kier alpha value is -3.10. The van der Waals surface area contributed by atoms with Gasteiger partial charge in [0.25, 0.3) is 0 Å². The SMILES string of the molecule is CC(C)(C)OC(=O)Nc1nonc1-c1nc2ccc(O)cc2[nH]1. The zero-order chi connectivity index (χ0) is 16.6. The lowest BCUT2D eigenvalue weighted by Gasteiger charge is -2.18. The molecule has 3 rings (SSSR count). The summed E-state index contributed by atoms with van der Waals surface area (Å²) in [4.78, 5) is 19.1. The highest BCUT2D eigenvalue weighted by Gasteiger charge is 2.22. The van der Waals surface area contributed by atoms with Crippen molar-refractivity contribution in [1.29, 1.82) is 0 Å². The summed E-state index contributed by atoms with van der Waals surface area (Å²) in [6, 6.07) is 4.70. The molecule has 0 unspecified atom stereocenters. The third-order valence-corrected chi connectivity index (χ3v) is 2.80. The highest BCUT2D eigenvalue weighted by Crippen LogP contribution is 2.26. The molecule has 0 saturated carbocycles. The van der Waals surface area contributed by atoms with E-state index in [1.807, 2.05) is 0 Å². The molecule has 2 heterocycles. The van der Waals surface area contributed by atoms with Crippen LogP contribution in [0.25, 0.3) is 22.6 Å². The number of aromatic hydroxyl groups is 1. The monoisotopic (exact) mass is 317 g/mol. The first kappa shape index (κ1) is 14.8. The maximum absolute atomic E-state index is 11.8. The summed E-state index contributed by atoms with van der Waals surface area (Å²) in [5, 5.41) is 19.3. The summed E-state index contributed by atoms with van der Waals surface area (Å²) in [6.45, 7) is 5.25. The van der Waals surface area contributed by atoms with Gasteiger partial charge in [0.1, 0.15) is 11.4 Å². The molecule has 0 fully saturated rings. The van der Waals surface area contributed by atoms with Crippen LogP contribution in [0.1, 0.15) is 20.8 Å². The number of hydrogen-bond donors (Lipinski definition) is 3. The molecule has 2 aromatic heterocycles. The topological polar surface area (TPSA) is 126 Å². The van der Waals surface area contributed by atoms with Crippen molar-refractivity contribution in [3.63, 3.8) is 0 Å². The molecular weight excluding hydrogens is 302 g/mol. The summed E-state index contributed by atoms with van der Waals surface area (Å²) >= 11 is 0. The Kier molecular flexibility index (Phi) is 3.40. The standard InChI is InChI=1S/C14H15N5O4/c1-14(2,3)22-13(21)17-12-10(18-23-19-12)11-15-8-5-4-7(20)6-9(8)16-11/h4-6,20H,1-3H3,(H,15,16)(H,17,19,21). The van der Waals surface area contributed by atoms with Crippen LogP contribution in [0.3, 0.4) is 0 Å². The minimum atomic E-state index is -0.678. The number of phenolic OH excluding ortho intramolecular Hbond substituents is 1. The number of anilines is 1. The molecule has 0 saturated heterocycles. The van der Waals surface area contributed by atoms with Crippen LogP contribution < -0.4 is 5.32 Å². The third-order valence-electron chi connectivity index (χ3n) is 2.80. The van der Waals surface area contributed by atoms with Crippen LogP contribution >= 0.6 is 0 Å². The summed E-state index contributed by atoms with van der Waals surface area (Å²) in [5.74, 6) is 0.540. The van der Waals surface area contributed by atoms with Gasteiger partial charge >= 0.3 is 6.09 Å². The number of benzene rings is 1. The first-order valence-electron chi connectivity index (χ1n) is 6.83. The van der Waals surface area contributed by atoms with Crippen LogP contribution in [-0.4, -0.2) is 37.1 Å². The van der Waals surface area contributed by atoms with Gasteiger partial charge in [0.2, 0.25) is 5.82 Å². The van der Waals surface area contributed by atoms with Gasteiger partial charge in [-0.1, -0.05) is 0 Å². The summed E-state index contributed by atoms with van der Waals surface area (Å²) < 4.78 is 9.82. The zero-order valence-electron chi connectivity index (χ0n) is 12.7. The molecule has 1 aromatic carbocycles. The quantitative estimate of drug-likeness (QED) is 0.663. The molecule has 120 valence electrons. The number of ether oxygens (including phenoxy) is 1. The van der Waals surface area contributed by atoms with Crippen molar-refractivity contribution in [1.82, 2.24) is 20.3 Å². The summed E-state index contributed by atoms with van der Waals surface area (Å²) in [7, 11) is 0. The van der Waals surface area contributed by atoms with Crippen molar-refractivity contribution >= 4 is 22.9 Å². The third kappa shape index (κ3) is 3.23. The lowest BCUT2D eigenvalue weighted by atomic mass is 10.2. The van der Waals surface area contributed by atoms with Crippen molar-refractivity contribution < 1.29 is 19.3 Å². The molecule has 3 aromatic rings. The molecule has 0 aliphatic heterocycles. The minimum absolute atomic E-state index is 0.0857. The van der Waals surface area contributed by atoms with Crippen molar-refractivity contribution in [2.75, 3.05) is 5.32 Å². The fourth-order valence-electron chi connectivity index (χ4n) is 1.94. The second kappa shape index (κ2) is 5.27. The van der Waals surface area contributed by atoms with E-state index in [4.69, 9.17) is 4.74 Å². The predicted octanol–water partition coefficient (Wildman–Crippen LogP) is 2.67. The van der Waals surface area contributed by atoms with Gasteiger partial charge in [-0.25, -0.2) is 14.4 Å². The molecule has 0 radical (unpaired) electrons. The maximum Gasteiger partial charge on any atom is 0.413 e. The van der Waals surface area contributed by atoms with Crippen LogP contribution in [0, 0.1) is 0 Å². The minimum Gasteiger partial charge on any atom is -0.508 e. The van der Waals surface area contributed by atoms with E-state index in [9.17, 15) is 9.90 Å². The van der Waals surface area contributed by atoms with Gasteiger partial charge in [-0.2, -0.15) is 0 Å². The van der Waals surface area contributed by atoms with Gasteiger partial charge in [0, 0.05) is 6.07 Å². The van der Waals surface area contributed by atoms with Crippen LogP contribution in [0.15, 0.2) is 22.8 Å². The number of aromatic amines is 1. The van der Waals surface area contributed by atoms with Crippen molar-refractivity contribution in [2.24, 2.45) is 0 Å². The second-order valence-corrected chi connectivity index (χ2v) is 5.88. The van der Waals surface area contributed by atoms with E-state index in [-0.39, 0.29) is 17.3 Å². The molecule has 0 atom stereocenters. The van der Waals surface area contributed by atoms with E-state index in [2.05, 4.69) is 30.2 Å². The summed E-state index contributed by atoms with van der Waals surface area (Å²) in [5.41, 5.74) is 0.833. The number of hydrogen-bond acceptors (Lipinski definition) is 7. The van der Waals surface area contributed by atoms with Crippen LogP contribution in [0.5, 0.6) is 5.75 Å². The van der Waals surface area contributed by atoms with Gasteiger partial charge in [-0.05, 0) is 43.2 Å². The van der Waals surface area contributed by atoms with Crippen LogP contribution in [0.4, 0.5) is 10.6 Å². The molecule has 1 amide bonds. The normalized spacial score (nSPS) is 11.6. The van der Waals surface area contributed by atoms with Gasteiger partial charge in [0.05, 0.1) is 11.0 Å². The lowest BCUT2D eigenvalue weighted by molar-refractivity contribution is 0.0634. The van der Waals surface area contributed by atoms with E-state index < -0.39 is 11.7 Å². The number of nitrogens with zero attached hydrogens (tertiary/aromatic N) is 3. The number of fused-ring (bicyclic) bond motifs is 1. The molecule has 0 aliphatic carbocycles. The van der Waals surface area contributed by atoms with Gasteiger partial charge in [0.15, 0.2) is 11.5 Å². The van der Waals surface area contributed by atoms with E-state index in [1.54, 1.807) is 26.8 Å². The van der Waals surface area contributed by atoms with Gasteiger partial charge in [-0.15, -0.1) is 0 Å². The Labute approximate surface area is 130 Å². The average molecular weight is 317 g/mol. The first-order valence-corrected chi connectivity index (χ1v) is 6.83. The number of H-pyrrole nitrogens is 1. The highest BCUT2D eigenvalue weighted by molar-refractivity contribution is 5.89. The number of rotatable bonds is 2. The van der Waals surface area contributed by atoms with Gasteiger partial charge in [-0.3, -0.25) is 5.32 Å². The summed E-state index contributed by atoms with van der Waals surface area (Å²) in [6.07, 6.45) is -0.678. The van der Waals surface area contributed by atoms with E-state index >= 15 is 0 Å². The van der Waals surface area contributed by atoms with Crippen molar-refractivity contribution in [3.05, 3.63) is 18.2 Å². The Morgan fingerprint density at radius 2 is 2.13 bits per heavy atom. The molecule has 0 aliphatic rings. The molecular formula is C14H15N5O4. The maximum atomic E-state index is 11.8. The molecule has 3 N–H and O–H groups in total. The van der Waals surface area contributed by atoms with E-state index in [1.165, 1.54) is 12.1 Å². The fraction of sp³-hybridized carbons (Fsp3) is 0.286. The Bertz CT molecular complexity index is 862. The molecule has 9 heteroatoms. The zero-order valence-corrected chi connectivity index (χ0v) is 12.7. The number of carbonyl (C=O) groups is 1. The Morgan fingerprint density at radius 1 is 1.35 bits per heavy atom. The van der Waals surface area contributed by atoms with Gasteiger partial charge < -0.3 is 14.8 Å². The fourth-order valence-corrected chi connectivity index (χ4v) is 1.94. The van der Waals surface area contributed by atoms with Crippen LogP contribution in [0.2, 0.25) is 0 Å². The number of carbonyl (C=O) groups excluding carboxylic acids is 1. The van der Waals surface area contributed by atoms with Crippen molar-refractivity contribution in [3.8, 4) is 17.3 Å². The van der Waals surface area contributed by atoms with Crippen LogP contribution in [-0.2, 0) is 4.74 Å². The van der Waals surface area contributed by atoms with E-state index in [0.717, 1.165) is 0 Å². The molecule has 9 nitrogen and oxygen atoms in total. The first-order chi connectivity index (χ1) is 10.8. The molecule has 23 heavy (non-hydrogen) atoms. The Balaban J connectivity index is 1.89. The van der Waals surface area contributed by atoms with Crippen molar-refractivity contribution in [2.45, 2.75) is 26.4 Å². The Morgan fingerprint density at radius 3 is 2.87 bits per heavy atom. The largest absolute Gasteiger partial charge is 0.508 e. The number of imidazole rings is 1. The predicted molar refractivity (Wildman–Crippen MR) is 80.9 cm³/mol. The number of phenols is 1. The smallest absolute Gasteiger partial charge is 0.413 e. The average Bonchev–Trinajstić information content (AvgIpc) is 3.01. The van der Waals surface area contributed by atoms with E-state index in [0.29, 0.717) is 16.9 Å². The lowest BCUT2D eigenvalue weighted by Crippen LogP contribution is -2.27. The second-order valence-electron chi connectivity index (χ2n) is 5.88. The number of amides is 1. The number of nitrogens with one attached hydrogen (secondary N) is 2. The molecule has 0 spiro atoms. The highest BCUT2D eigenvalue weighted by atomic mass is 16.6.